The second kappa shape index (κ2) is 6.99. The molecule has 0 aliphatic rings. The lowest BCUT2D eigenvalue weighted by Crippen LogP contribution is -2.08. The fraction of sp³-hybridized carbons (Fsp3) is 0.278. The van der Waals surface area contributed by atoms with Gasteiger partial charge in [0.05, 0.1) is 0 Å². The first kappa shape index (κ1) is 14.4. The molecule has 1 unspecified atom stereocenters. The molecule has 2 nitrogen and oxygen atoms in total. The average molecular weight is 267 g/mol. The number of rotatable bonds is 6. The van der Waals surface area contributed by atoms with Crippen LogP contribution in [-0.4, -0.2) is 0 Å². The van der Waals surface area contributed by atoms with Crippen molar-refractivity contribution in [2.24, 2.45) is 0 Å². The van der Waals surface area contributed by atoms with Gasteiger partial charge in [-0.05, 0) is 55.2 Å². The summed E-state index contributed by atoms with van der Waals surface area (Å²) in [6.07, 6.45) is 3.32. The van der Waals surface area contributed by atoms with Crippen LogP contribution < -0.4 is 10.5 Å². The highest BCUT2D eigenvalue weighted by Gasteiger charge is 2.12. The van der Waals surface area contributed by atoms with E-state index >= 15 is 0 Å². The topological polar surface area (TPSA) is 35.2 Å². The minimum absolute atomic E-state index is 0.0548. The lowest BCUT2D eigenvalue weighted by Gasteiger charge is -2.20. The largest absolute Gasteiger partial charge is 0.486 e. The quantitative estimate of drug-likeness (QED) is 0.774. The van der Waals surface area contributed by atoms with Crippen LogP contribution in [0.15, 0.2) is 48.5 Å². The fourth-order valence-electron chi connectivity index (χ4n) is 2.10. The second-order valence-corrected chi connectivity index (χ2v) is 4.98. The first-order chi connectivity index (χ1) is 9.69. The molecule has 0 spiro atoms. The van der Waals surface area contributed by atoms with Gasteiger partial charge in [0.1, 0.15) is 11.9 Å². The maximum Gasteiger partial charge on any atom is 0.124 e. The van der Waals surface area contributed by atoms with Crippen LogP contribution >= 0.6 is 0 Å². The molecule has 0 aliphatic heterocycles. The number of hydrogen-bond acceptors (Lipinski definition) is 2. The van der Waals surface area contributed by atoms with Crippen molar-refractivity contribution in [1.29, 1.82) is 0 Å². The minimum atomic E-state index is 0.0548. The Balaban J connectivity index is 2.14. The van der Waals surface area contributed by atoms with Crippen molar-refractivity contribution in [1.82, 2.24) is 0 Å². The second-order valence-electron chi connectivity index (χ2n) is 4.98. The van der Waals surface area contributed by atoms with Crippen LogP contribution in [0.2, 0.25) is 0 Å². The van der Waals surface area contributed by atoms with Crippen molar-refractivity contribution in [2.75, 3.05) is 5.73 Å². The van der Waals surface area contributed by atoms with E-state index in [1.165, 1.54) is 0 Å². The van der Waals surface area contributed by atoms with Crippen LogP contribution in [-0.2, 0) is 0 Å². The van der Waals surface area contributed by atoms with E-state index in [1.807, 2.05) is 48.5 Å². The summed E-state index contributed by atoms with van der Waals surface area (Å²) in [5.74, 6) is 0.845. The fourth-order valence-corrected chi connectivity index (χ4v) is 2.10. The van der Waals surface area contributed by atoms with Crippen molar-refractivity contribution in [3.63, 3.8) is 0 Å². The molecule has 0 saturated heterocycles. The summed E-state index contributed by atoms with van der Waals surface area (Å²) in [6.45, 7) is 7.88. The number of ether oxygens (including phenoxy) is 1. The number of anilines is 1. The van der Waals surface area contributed by atoms with Gasteiger partial charge in [0.25, 0.3) is 0 Å². The van der Waals surface area contributed by atoms with E-state index in [1.54, 1.807) is 0 Å². The van der Waals surface area contributed by atoms with Crippen LogP contribution in [0.5, 0.6) is 5.75 Å². The van der Waals surface area contributed by atoms with E-state index < -0.39 is 0 Å². The zero-order valence-corrected chi connectivity index (χ0v) is 11.9. The van der Waals surface area contributed by atoms with Crippen molar-refractivity contribution in [3.05, 3.63) is 66.6 Å². The first-order valence-corrected chi connectivity index (χ1v) is 7.06. The molecule has 20 heavy (non-hydrogen) atoms. The van der Waals surface area contributed by atoms with Gasteiger partial charge in [-0.2, -0.15) is 0 Å². The molecule has 104 valence electrons. The van der Waals surface area contributed by atoms with Gasteiger partial charge in [0.2, 0.25) is 0 Å². The Hall–Kier alpha value is -1.96. The smallest absolute Gasteiger partial charge is 0.124 e. The molecular weight excluding hydrogens is 246 g/mol. The van der Waals surface area contributed by atoms with Crippen molar-refractivity contribution < 1.29 is 4.74 Å². The van der Waals surface area contributed by atoms with Gasteiger partial charge in [0.15, 0.2) is 0 Å². The molecule has 0 amide bonds. The van der Waals surface area contributed by atoms with Crippen molar-refractivity contribution in [3.8, 4) is 5.75 Å². The Kier molecular flexibility index (Phi) is 5.05. The highest BCUT2D eigenvalue weighted by atomic mass is 16.5. The van der Waals surface area contributed by atoms with E-state index in [0.29, 0.717) is 0 Å². The molecule has 0 saturated carbocycles. The standard InChI is InChI=1S/C18H21NO/c1-3-4-5-18(15-8-10-16(19)11-9-15)20-17-12-6-14(2)7-13-17/h2,6-13,18H,3-5,19H2,1H3. The Bertz CT molecular complexity index is 516. The number of unbranched alkanes of at least 4 members (excludes halogenated alkanes) is 1. The Morgan fingerprint density at radius 2 is 1.70 bits per heavy atom. The highest BCUT2D eigenvalue weighted by Crippen LogP contribution is 2.27. The van der Waals surface area contributed by atoms with Crippen LogP contribution in [0.25, 0.3) is 0 Å². The first-order valence-electron chi connectivity index (χ1n) is 7.06. The van der Waals surface area contributed by atoms with Gasteiger partial charge in [-0.25, -0.2) is 0 Å². The van der Waals surface area contributed by atoms with Crippen molar-refractivity contribution >= 4 is 5.69 Å². The highest BCUT2D eigenvalue weighted by molar-refractivity contribution is 5.40. The van der Waals surface area contributed by atoms with E-state index in [9.17, 15) is 0 Å². The third-order valence-corrected chi connectivity index (χ3v) is 3.29. The van der Waals surface area contributed by atoms with Gasteiger partial charge < -0.3 is 10.5 Å². The summed E-state index contributed by atoms with van der Waals surface area (Å²) in [4.78, 5) is 0. The monoisotopic (exact) mass is 267 g/mol. The molecule has 0 bridgehead atoms. The van der Waals surface area contributed by atoms with Crippen LogP contribution in [0.3, 0.4) is 0 Å². The normalized spacial score (nSPS) is 12.1. The molecule has 0 aliphatic carbocycles. The van der Waals surface area contributed by atoms with Crippen molar-refractivity contribution in [2.45, 2.75) is 32.3 Å². The number of nitrogen functional groups attached to an aromatic ring is 1. The summed E-state index contributed by atoms with van der Waals surface area (Å²) in [5.41, 5.74) is 8.42. The Labute approximate surface area is 121 Å². The van der Waals surface area contributed by atoms with E-state index in [0.717, 1.165) is 41.8 Å². The van der Waals surface area contributed by atoms with Gasteiger partial charge >= 0.3 is 0 Å². The minimum Gasteiger partial charge on any atom is -0.486 e. The zero-order valence-electron chi connectivity index (χ0n) is 11.9. The molecular formula is C18H21NO. The molecule has 2 aromatic rings. The lowest BCUT2D eigenvalue weighted by molar-refractivity contribution is 0.191. The molecule has 2 aromatic carbocycles. The van der Waals surface area contributed by atoms with E-state index in [2.05, 4.69) is 6.92 Å². The molecule has 0 aromatic heterocycles. The maximum atomic E-state index is 6.10. The molecule has 2 rings (SSSR count). The van der Waals surface area contributed by atoms with E-state index in [-0.39, 0.29) is 6.10 Å². The van der Waals surface area contributed by atoms with Gasteiger partial charge in [0, 0.05) is 5.69 Å². The third-order valence-electron chi connectivity index (χ3n) is 3.29. The molecule has 2 N–H and O–H groups in total. The summed E-state index contributed by atoms with van der Waals surface area (Å²) < 4.78 is 6.10. The average Bonchev–Trinajstić information content (AvgIpc) is 2.46. The molecule has 0 fully saturated rings. The van der Waals surface area contributed by atoms with Gasteiger partial charge in [-0.1, -0.05) is 37.6 Å². The number of nitrogens with two attached hydrogens (primary N) is 1. The summed E-state index contributed by atoms with van der Waals surface area (Å²) >= 11 is 0. The Morgan fingerprint density at radius 3 is 2.30 bits per heavy atom. The lowest BCUT2D eigenvalue weighted by atomic mass is 10.0. The summed E-state index contributed by atoms with van der Waals surface area (Å²) in [5, 5.41) is 0. The SMILES string of the molecule is [CH]c1ccc(OC(CCCC)c2ccc(N)cc2)cc1. The number of benzene rings is 2. The van der Waals surface area contributed by atoms with E-state index in [4.69, 9.17) is 17.4 Å². The summed E-state index contributed by atoms with van der Waals surface area (Å²) in [7, 11) is 0. The molecule has 0 heterocycles. The predicted octanol–water partition coefficient (Wildman–Crippen LogP) is 4.64. The zero-order chi connectivity index (χ0) is 14.4. The van der Waals surface area contributed by atoms with Crippen LogP contribution in [0.4, 0.5) is 5.69 Å². The molecule has 2 radical (unpaired) electrons. The Morgan fingerprint density at radius 1 is 1.05 bits per heavy atom. The molecule has 1 atom stereocenters. The summed E-state index contributed by atoms with van der Waals surface area (Å²) in [6, 6.07) is 15.4. The molecule has 2 heteroatoms. The predicted molar refractivity (Wildman–Crippen MR) is 83.6 cm³/mol. The van der Waals surface area contributed by atoms with Crippen LogP contribution in [0, 0.1) is 6.92 Å². The van der Waals surface area contributed by atoms with Gasteiger partial charge in [-0.15, -0.1) is 0 Å². The third kappa shape index (κ3) is 4.02. The van der Waals surface area contributed by atoms with Crippen LogP contribution in [0.1, 0.15) is 43.4 Å². The van der Waals surface area contributed by atoms with Gasteiger partial charge in [-0.3, -0.25) is 0 Å². The number of hydrogen-bond donors (Lipinski definition) is 1. The maximum absolute atomic E-state index is 6.10.